The van der Waals surface area contributed by atoms with Gasteiger partial charge in [-0.1, -0.05) is 23.3 Å². The van der Waals surface area contributed by atoms with Crippen LogP contribution in [0.5, 0.6) is 11.5 Å². The SMILES string of the molecule is COc1ccc(C)cc1COc1ccc(C)cc1[C@@H](C)O. The highest BCUT2D eigenvalue weighted by Gasteiger charge is 2.11. The highest BCUT2D eigenvalue weighted by molar-refractivity contribution is 5.40. The Bertz CT molecular complexity index is 618. The number of hydrogen-bond donors (Lipinski definition) is 1. The van der Waals surface area contributed by atoms with Crippen molar-refractivity contribution < 1.29 is 14.6 Å². The molecular formula is C18H22O3. The fourth-order valence-corrected chi connectivity index (χ4v) is 2.30. The first-order valence-electron chi connectivity index (χ1n) is 7.06. The molecule has 0 aliphatic heterocycles. The van der Waals surface area contributed by atoms with Crippen LogP contribution in [0.1, 0.15) is 35.3 Å². The monoisotopic (exact) mass is 286 g/mol. The van der Waals surface area contributed by atoms with Crippen molar-refractivity contribution in [3.8, 4) is 11.5 Å². The summed E-state index contributed by atoms with van der Waals surface area (Å²) in [4.78, 5) is 0. The maximum Gasteiger partial charge on any atom is 0.125 e. The Balaban J connectivity index is 2.22. The minimum absolute atomic E-state index is 0.410. The number of rotatable bonds is 5. The van der Waals surface area contributed by atoms with E-state index in [0.29, 0.717) is 12.4 Å². The molecule has 0 saturated carbocycles. The Morgan fingerprint density at radius 1 is 1.00 bits per heavy atom. The van der Waals surface area contributed by atoms with E-state index < -0.39 is 6.10 Å². The van der Waals surface area contributed by atoms with Gasteiger partial charge >= 0.3 is 0 Å². The van der Waals surface area contributed by atoms with Crippen LogP contribution in [-0.4, -0.2) is 12.2 Å². The Kier molecular flexibility index (Phi) is 4.86. The molecular weight excluding hydrogens is 264 g/mol. The number of aliphatic hydroxyl groups excluding tert-OH is 1. The number of aryl methyl sites for hydroxylation is 2. The van der Waals surface area contributed by atoms with Gasteiger partial charge < -0.3 is 14.6 Å². The Labute approximate surface area is 126 Å². The topological polar surface area (TPSA) is 38.7 Å². The molecule has 0 spiro atoms. The van der Waals surface area contributed by atoms with Gasteiger partial charge in [0.1, 0.15) is 18.1 Å². The van der Waals surface area contributed by atoms with E-state index in [1.807, 2.05) is 44.2 Å². The first-order chi connectivity index (χ1) is 10.0. The number of aliphatic hydroxyl groups is 1. The van der Waals surface area contributed by atoms with Crippen molar-refractivity contribution >= 4 is 0 Å². The number of methoxy groups -OCH3 is 1. The van der Waals surface area contributed by atoms with E-state index in [-0.39, 0.29) is 0 Å². The summed E-state index contributed by atoms with van der Waals surface area (Å²) in [6.07, 6.45) is -0.556. The fourth-order valence-electron chi connectivity index (χ4n) is 2.30. The van der Waals surface area contributed by atoms with Crippen molar-refractivity contribution in [2.45, 2.75) is 33.5 Å². The molecule has 0 aliphatic carbocycles. The van der Waals surface area contributed by atoms with Crippen molar-refractivity contribution in [2.75, 3.05) is 7.11 Å². The predicted molar refractivity (Wildman–Crippen MR) is 83.9 cm³/mol. The maximum atomic E-state index is 9.87. The zero-order chi connectivity index (χ0) is 15.4. The second-order valence-electron chi connectivity index (χ2n) is 5.32. The molecule has 0 bridgehead atoms. The molecule has 21 heavy (non-hydrogen) atoms. The Morgan fingerprint density at radius 2 is 1.62 bits per heavy atom. The summed E-state index contributed by atoms with van der Waals surface area (Å²) in [5.74, 6) is 1.52. The average molecular weight is 286 g/mol. The summed E-state index contributed by atoms with van der Waals surface area (Å²) in [7, 11) is 1.65. The fraction of sp³-hybridized carbons (Fsp3) is 0.333. The largest absolute Gasteiger partial charge is 0.496 e. The van der Waals surface area contributed by atoms with Crippen molar-refractivity contribution in [3.05, 3.63) is 58.7 Å². The lowest BCUT2D eigenvalue weighted by molar-refractivity contribution is 0.189. The van der Waals surface area contributed by atoms with Crippen LogP contribution in [0.2, 0.25) is 0 Å². The molecule has 112 valence electrons. The van der Waals surface area contributed by atoms with Crippen LogP contribution in [0.25, 0.3) is 0 Å². The van der Waals surface area contributed by atoms with Crippen LogP contribution in [0.4, 0.5) is 0 Å². The van der Waals surface area contributed by atoms with Gasteiger partial charge in [-0.05, 0) is 45.0 Å². The summed E-state index contributed by atoms with van der Waals surface area (Å²) < 4.78 is 11.3. The van der Waals surface area contributed by atoms with Gasteiger partial charge in [-0.3, -0.25) is 0 Å². The lowest BCUT2D eigenvalue weighted by Gasteiger charge is -2.16. The molecule has 0 fully saturated rings. The first-order valence-corrected chi connectivity index (χ1v) is 7.06. The molecule has 3 heteroatoms. The normalized spacial score (nSPS) is 12.0. The molecule has 0 aromatic heterocycles. The van der Waals surface area contributed by atoms with E-state index in [2.05, 4.69) is 6.07 Å². The third-order valence-electron chi connectivity index (χ3n) is 3.43. The lowest BCUT2D eigenvalue weighted by atomic mass is 10.1. The van der Waals surface area contributed by atoms with E-state index in [9.17, 15) is 5.11 Å². The average Bonchev–Trinajstić information content (AvgIpc) is 2.46. The third kappa shape index (κ3) is 3.76. The molecule has 0 saturated heterocycles. The van der Waals surface area contributed by atoms with Gasteiger partial charge in [0.15, 0.2) is 0 Å². The van der Waals surface area contributed by atoms with Crippen LogP contribution in [0.15, 0.2) is 36.4 Å². The number of hydrogen-bond acceptors (Lipinski definition) is 3. The molecule has 2 aromatic rings. The van der Waals surface area contributed by atoms with Crippen LogP contribution >= 0.6 is 0 Å². The minimum Gasteiger partial charge on any atom is -0.496 e. The highest BCUT2D eigenvalue weighted by atomic mass is 16.5. The Hall–Kier alpha value is -2.00. The van der Waals surface area contributed by atoms with Crippen molar-refractivity contribution in [1.82, 2.24) is 0 Å². The van der Waals surface area contributed by atoms with E-state index in [1.165, 1.54) is 0 Å². The summed E-state index contributed by atoms with van der Waals surface area (Å²) >= 11 is 0. The second-order valence-corrected chi connectivity index (χ2v) is 5.32. The smallest absolute Gasteiger partial charge is 0.125 e. The van der Waals surface area contributed by atoms with E-state index in [1.54, 1.807) is 14.0 Å². The number of benzene rings is 2. The molecule has 3 nitrogen and oxygen atoms in total. The molecule has 2 rings (SSSR count). The van der Waals surface area contributed by atoms with E-state index in [4.69, 9.17) is 9.47 Å². The highest BCUT2D eigenvalue weighted by Crippen LogP contribution is 2.28. The van der Waals surface area contributed by atoms with Crippen molar-refractivity contribution in [3.63, 3.8) is 0 Å². The molecule has 0 aliphatic rings. The van der Waals surface area contributed by atoms with Crippen molar-refractivity contribution in [1.29, 1.82) is 0 Å². The lowest BCUT2D eigenvalue weighted by Crippen LogP contribution is -2.03. The van der Waals surface area contributed by atoms with Gasteiger partial charge in [0.05, 0.1) is 13.2 Å². The molecule has 1 N–H and O–H groups in total. The van der Waals surface area contributed by atoms with Crippen LogP contribution < -0.4 is 9.47 Å². The van der Waals surface area contributed by atoms with Gasteiger partial charge in [-0.2, -0.15) is 0 Å². The van der Waals surface area contributed by atoms with Gasteiger partial charge in [-0.15, -0.1) is 0 Å². The molecule has 0 unspecified atom stereocenters. The molecule has 0 radical (unpaired) electrons. The summed E-state index contributed by atoms with van der Waals surface area (Å²) in [6.45, 7) is 6.19. The van der Waals surface area contributed by atoms with Crippen LogP contribution in [0, 0.1) is 13.8 Å². The van der Waals surface area contributed by atoms with Crippen LogP contribution in [0.3, 0.4) is 0 Å². The summed E-state index contributed by atoms with van der Waals surface area (Å²) in [6, 6.07) is 11.8. The zero-order valence-electron chi connectivity index (χ0n) is 13.0. The molecule has 0 amide bonds. The summed E-state index contributed by atoms with van der Waals surface area (Å²) in [5.41, 5.74) is 4.07. The third-order valence-corrected chi connectivity index (χ3v) is 3.43. The number of ether oxygens (including phenoxy) is 2. The zero-order valence-corrected chi connectivity index (χ0v) is 13.0. The van der Waals surface area contributed by atoms with Gasteiger partial charge in [0.25, 0.3) is 0 Å². The van der Waals surface area contributed by atoms with Crippen molar-refractivity contribution in [2.24, 2.45) is 0 Å². The van der Waals surface area contributed by atoms with Gasteiger partial charge in [0, 0.05) is 11.1 Å². The maximum absolute atomic E-state index is 9.87. The quantitative estimate of drug-likeness (QED) is 0.904. The van der Waals surface area contributed by atoms with E-state index >= 15 is 0 Å². The minimum atomic E-state index is -0.556. The van der Waals surface area contributed by atoms with Gasteiger partial charge in [0.2, 0.25) is 0 Å². The molecule has 1 atom stereocenters. The second kappa shape index (κ2) is 6.64. The molecule has 0 heterocycles. The van der Waals surface area contributed by atoms with Crippen LogP contribution in [-0.2, 0) is 6.61 Å². The standard InChI is InChI=1S/C18H22O3/c1-12-5-7-17(20-4)15(9-12)11-21-18-8-6-13(2)10-16(18)14(3)19/h5-10,14,19H,11H2,1-4H3/t14-/m1/s1. The molecule has 2 aromatic carbocycles. The first kappa shape index (κ1) is 15.4. The van der Waals surface area contributed by atoms with E-state index in [0.717, 1.165) is 28.0 Å². The Morgan fingerprint density at radius 3 is 2.24 bits per heavy atom. The predicted octanol–water partition coefficient (Wildman–Crippen LogP) is 3.94. The van der Waals surface area contributed by atoms with Gasteiger partial charge in [-0.25, -0.2) is 0 Å². The summed E-state index contributed by atoms with van der Waals surface area (Å²) in [5, 5.41) is 9.87.